The molecule has 2 aromatic rings. The molecule has 100 valence electrons. The van der Waals surface area contributed by atoms with Gasteiger partial charge in [-0.25, -0.2) is 0 Å². The van der Waals surface area contributed by atoms with Crippen LogP contribution in [0.4, 0.5) is 0 Å². The highest BCUT2D eigenvalue weighted by atomic mass is 16.5. The Morgan fingerprint density at radius 2 is 2.21 bits per heavy atom. The lowest BCUT2D eigenvalue weighted by Gasteiger charge is -2.18. The van der Waals surface area contributed by atoms with E-state index in [1.54, 1.807) is 0 Å². The number of hydrogen-bond acceptors (Lipinski definition) is 3. The first kappa shape index (κ1) is 12.6. The second-order valence-corrected chi connectivity index (χ2v) is 5.31. The van der Waals surface area contributed by atoms with Gasteiger partial charge in [-0.15, -0.1) is 0 Å². The molecule has 1 aliphatic rings. The number of hydrogen-bond donors (Lipinski definition) is 1. The van der Waals surface area contributed by atoms with Crippen LogP contribution in [0.25, 0.3) is 10.9 Å². The molecule has 1 aromatic carbocycles. The molecule has 0 radical (unpaired) electrons. The number of nitrogens with zero attached hydrogens (tertiary/aromatic N) is 1. The fourth-order valence-electron chi connectivity index (χ4n) is 2.91. The zero-order valence-corrected chi connectivity index (χ0v) is 11.1. The van der Waals surface area contributed by atoms with Gasteiger partial charge in [-0.05, 0) is 49.1 Å². The monoisotopic (exact) mass is 256 g/mol. The smallest absolute Gasteiger partial charge is 0.0721 e. The second kappa shape index (κ2) is 5.68. The van der Waals surface area contributed by atoms with E-state index in [1.807, 2.05) is 12.3 Å². The topological polar surface area (TPSA) is 48.1 Å². The van der Waals surface area contributed by atoms with Crippen LogP contribution in [0.2, 0.25) is 0 Å². The van der Waals surface area contributed by atoms with Crippen molar-refractivity contribution in [3.05, 3.63) is 42.1 Å². The van der Waals surface area contributed by atoms with Crippen LogP contribution in [-0.4, -0.2) is 17.6 Å². The highest BCUT2D eigenvalue weighted by molar-refractivity contribution is 5.78. The SMILES string of the molecule is NCC1CCCC1OCc1ccc2ncccc2c1. The Hall–Kier alpha value is -1.45. The Morgan fingerprint density at radius 1 is 1.26 bits per heavy atom. The van der Waals surface area contributed by atoms with Crippen LogP contribution in [0.3, 0.4) is 0 Å². The first-order valence-electron chi connectivity index (χ1n) is 7.02. The summed E-state index contributed by atoms with van der Waals surface area (Å²) >= 11 is 0. The van der Waals surface area contributed by atoms with Gasteiger partial charge in [0.15, 0.2) is 0 Å². The molecule has 19 heavy (non-hydrogen) atoms. The number of ether oxygens (including phenoxy) is 1. The first-order chi connectivity index (χ1) is 9.36. The average molecular weight is 256 g/mol. The van der Waals surface area contributed by atoms with E-state index in [2.05, 4.69) is 29.2 Å². The summed E-state index contributed by atoms with van der Waals surface area (Å²) in [5.74, 6) is 0.544. The van der Waals surface area contributed by atoms with Gasteiger partial charge in [0.1, 0.15) is 0 Å². The number of rotatable bonds is 4. The molecule has 3 nitrogen and oxygen atoms in total. The Morgan fingerprint density at radius 3 is 3.11 bits per heavy atom. The van der Waals surface area contributed by atoms with Crippen molar-refractivity contribution in [2.75, 3.05) is 6.54 Å². The molecule has 3 rings (SSSR count). The summed E-state index contributed by atoms with van der Waals surface area (Å²) in [7, 11) is 0. The van der Waals surface area contributed by atoms with Crippen molar-refractivity contribution in [3.63, 3.8) is 0 Å². The van der Waals surface area contributed by atoms with E-state index < -0.39 is 0 Å². The highest BCUT2D eigenvalue weighted by Gasteiger charge is 2.26. The van der Waals surface area contributed by atoms with E-state index in [0.717, 1.165) is 18.5 Å². The molecule has 1 heterocycles. The van der Waals surface area contributed by atoms with Crippen LogP contribution >= 0.6 is 0 Å². The summed E-state index contributed by atoms with van der Waals surface area (Å²) in [5, 5.41) is 1.17. The zero-order valence-electron chi connectivity index (χ0n) is 11.1. The molecule has 1 fully saturated rings. The summed E-state index contributed by atoms with van der Waals surface area (Å²) in [6.07, 6.45) is 5.77. The fraction of sp³-hybridized carbons (Fsp3) is 0.438. The van der Waals surface area contributed by atoms with Crippen LogP contribution in [-0.2, 0) is 11.3 Å². The molecule has 1 aromatic heterocycles. The summed E-state index contributed by atoms with van der Waals surface area (Å²) in [6, 6.07) is 10.4. The number of fused-ring (bicyclic) bond motifs is 1. The van der Waals surface area contributed by atoms with Crippen LogP contribution in [0.5, 0.6) is 0 Å². The van der Waals surface area contributed by atoms with E-state index in [1.165, 1.54) is 23.8 Å². The van der Waals surface area contributed by atoms with E-state index >= 15 is 0 Å². The molecule has 0 aliphatic heterocycles. The quantitative estimate of drug-likeness (QED) is 0.915. The van der Waals surface area contributed by atoms with Gasteiger partial charge >= 0.3 is 0 Å². The fourth-order valence-corrected chi connectivity index (χ4v) is 2.91. The molecule has 0 saturated heterocycles. The summed E-state index contributed by atoms with van der Waals surface area (Å²) in [4.78, 5) is 4.33. The highest BCUT2D eigenvalue weighted by Crippen LogP contribution is 2.28. The van der Waals surface area contributed by atoms with Crippen LogP contribution in [0.1, 0.15) is 24.8 Å². The van der Waals surface area contributed by atoms with E-state index in [9.17, 15) is 0 Å². The molecule has 1 aliphatic carbocycles. The lowest BCUT2D eigenvalue weighted by atomic mass is 10.1. The van der Waals surface area contributed by atoms with Crippen LogP contribution in [0.15, 0.2) is 36.5 Å². The standard InChI is InChI=1S/C16H20N2O/c17-10-14-3-1-5-16(14)19-11-12-6-7-15-13(9-12)4-2-8-18-15/h2,4,6-9,14,16H,1,3,5,10-11,17H2. The lowest BCUT2D eigenvalue weighted by Crippen LogP contribution is -2.25. The number of pyridine rings is 1. The molecular formula is C16H20N2O. The molecule has 2 N–H and O–H groups in total. The zero-order chi connectivity index (χ0) is 13.1. The van der Waals surface area contributed by atoms with Crippen molar-refractivity contribution in [3.8, 4) is 0 Å². The van der Waals surface area contributed by atoms with Crippen molar-refractivity contribution in [1.82, 2.24) is 4.98 Å². The summed E-state index contributed by atoms with van der Waals surface area (Å²) in [5.41, 5.74) is 8.02. The van der Waals surface area contributed by atoms with Gasteiger partial charge in [-0.1, -0.05) is 18.6 Å². The van der Waals surface area contributed by atoms with Crippen molar-refractivity contribution >= 4 is 10.9 Å². The minimum Gasteiger partial charge on any atom is -0.373 e. The van der Waals surface area contributed by atoms with Crippen molar-refractivity contribution in [2.45, 2.75) is 32.0 Å². The van der Waals surface area contributed by atoms with Gasteiger partial charge in [0, 0.05) is 11.6 Å². The number of aromatic nitrogens is 1. The summed E-state index contributed by atoms with van der Waals surface area (Å²) in [6.45, 7) is 1.41. The molecule has 0 bridgehead atoms. The Labute approximate surface area is 113 Å². The maximum atomic E-state index is 6.04. The Bertz CT molecular complexity index is 555. The predicted molar refractivity (Wildman–Crippen MR) is 76.7 cm³/mol. The largest absolute Gasteiger partial charge is 0.373 e. The van der Waals surface area contributed by atoms with Crippen LogP contribution < -0.4 is 5.73 Å². The molecule has 3 heteroatoms. The average Bonchev–Trinajstić information content (AvgIpc) is 2.92. The molecule has 1 saturated carbocycles. The van der Waals surface area contributed by atoms with Gasteiger partial charge in [0.2, 0.25) is 0 Å². The van der Waals surface area contributed by atoms with Crippen molar-refractivity contribution < 1.29 is 4.74 Å². The van der Waals surface area contributed by atoms with E-state index in [0.29, 0.717) is 18.6 Å². The van der Waals surface area contributed by atoms with Crippen molar-refractivity contribution in [1.29, 1.82) is 0 Å². The van der Waals surface area contributed by atoms with Gasteiger partial charge in [0.25, 0.3) is 0 Å². The lowest BCUT2D eigenvalue weighted by molar-refractivity contribution is 0.0183. The normalized spacial score (nSPS) is 23.0. The Kier molecular flexibility index (Phi) is 3.76. The number of nitrogens with two attached hydrogens (primary N) is 1. The molecule has 2 atom stereocenters. The van der Waals surface area contributed by atoms with Gasteiger partial charge in [-0.3, -0.25) is 4.98 Å². The predicted octanol–water partition coefficient (Wildman–Crippen LogP) is 2.88. The van der Waals surface area contributed by atoms with E-state index in [-0.39, 0.29) is 0 Å². The third-order valence-electron chi connectivity index (χ3n) is 4.02. The maximum Gasteiger partial charge on any atom is 0.0721 e. The third kappa shape index (κ3) is 2.77. The maximum absolute atomic E-state index is 6.04. The van der Waals surface area contributed by atoms with Gasteiger partial charge in [-0.2, -0.15) is 0 Å². The Balaban J connectivity index is 1.68. The second-order valence-electron chi connectivity index (χ2n) is 5.31. The minimum absolute atomic E-state index is 0.342. The first-order valence-corrected chi connectivity index (χ1v) is 7.02. The summed E-state index contributed by atoms with van der Waals surface area (Å²) < 4.78 is 6.04. The molecule has 0 amide bonds. The van der Waals surface area contributed by atoms with Crippen molar-refractivity contribution in [2.24, 2.45) is 11.7 Å². The molecule has 0 spiro atoms. The molecule has 2 unspecified atom stereocenters. The minimum atomic E-state index is 0.342. The van der Waals surface area contributed by atoms with Crippen LogP contribution in [0, 0.1) is 5.92 Å². The number of benzene rings is 1. The molecular weight excluding hydrogens is 236 g/mol. The van der Waals surface area contributed by atoms with E-state index in [4.69, 9.17) is 10.5 Å². The third-order valence-corrected chi connectivity index (χ3v) is 4.02. The van der Waals surface area contributed by atoms with Gasteiger partial charge in [0.05, 0.1) is 18.2 Å². The van der Waals surface area contributed by atoms with Gasteiger partial charge < -0.3 is 10.5 Å².